The number of rotatable bonds is 2. The van der Waals surface area contributed by atoms with Crippen molar-refractivity contribution in [2.75, 3.05) is 13.1 Å². The quantitative estimate of drug-likeness (QED) is 0.859. The first-order chi connectivity index (χ1) is 8.31. The van der Waals surface area contributed by atoms with Crippen LogP contribution in [0.15, 0.2) is 24.5 Å². The summed E-state index contributed by atoms with van der Waals surface area (Å²) in [5.74, 6) is 0.444. The largest absolute Gasteiger partial charge is 0.316 e. The Hall–Kier alpha value is -1.42. The van der Waals surface area contributed by atoms with Gasteiger partial charge in [0.25, 0.3) is 0 Å². The number of imidazole rings is 1. The van der Waals surface area contributed by atoms with E-state index in [-0.39, 0.29) is 5.82 Å². The van der Waals surface area contributed by atoms with Crippen LogP contribution in [0, 0.1) is 11.7 Å². The summed E-state index contributed by atoms with van der Waals surface area (Å²) in [7, 11) is 0. The summed E-state index contributed by atoms with van der Waals surface area (Å²) >= 11 is 0. The average Bonchev–Trinajstić information content (AvgIpc) is 2.71. The highest BCUT2D eigenvalue weighted by atomic mass is 19.1. The van der Waals surface area contributed by atoms with Crippen LogP contribution in [0.5, 0.6) is 0 Å². The molecule has 0 aliphatic carbocycles. The van der Waals surface area contributed by atoms with E-state index >= 15 is 0 Å². The molecule has 1 N–H and O–H groups in total. The molecule has 0 bridgehead atoms. The Morgan fingerprint density at radius 2 is 2.35 bits per heavy atom. The van der Waals surface area contributed by atoms with E-state index in [1.807, 2.05) is 6.20 Å². The predicted molar refractivity (Wildman–Crippen MR) is 64.4 cm³/mol. The molecule has 1 aliphatic heterocycles. The van der Waals surface area contributed by atoms with Crippen LogP contribution in [0.25, 0.3) is 5.65 Å². The Balaban J connectivity index is 1.80. The minimum atomic E-state index is -0.221. The summed E-state index contributed by atoms with van der Waals surface area (Å²) in [5.41, 5.74) is 1.88. The van der Waals surface area contributed by atoms with Gasteiger partial charge in [0.05, 0.1) is 5.69 Å². The Morgan fingerprint density at radius 1 is 1.41 bits per heavy atom. The molecule has 0 aromatic carbocycles. The first kappa shape index (κ1) is 10.7. The number of hydrogen-bond acceptors (Lipinski definition) is 2. The van der Waals surface area contributed by atoms with Crippen molar-refractivity contribution >= 4 is 5.65 Å². The number of aromatic nitrogens is 2. The molecular weight excluding hydrogens is 217 g/mol. The summed E-state index contributed by atoms with van der Waals surface area (Å²) in [4.78, 5) is 4.52. The van der Waals surface area contributed by atoms with Gasteiger partial charge in [-0.05, 0) is 50.4 Å². The van der Waals surface area contributed by atoms with Crippen LogP contribution < -0.4 is 5.32 Å². The standard InChI is InChI=1S/C13H16FN3/c14-11-3-4-13-16-12(9-17(13)8-11)6-10-2-1-5-15-7-10/h3-4,8-10,15H,1-2,5-7H2. The molecular formula is C13H16FN3. The lowest BCUT2D eigenvalue weighted by molar-refractivity contribution is 0.374. The molecule has 2 aromatic rings. The lowest BCUT2D eigenvalue weighted by Gasteiger charge is -2.21. The molecule has 1 saturated heterocycles. The molecule has 3 rings (SSSR count). The number of pyridine rings is 1. The first-order valence-corrected chi connectivity index (χ1v) is 6.15. The summed E-state index contributed by atoms with van der Waals surface area (Å²) in [6.45, 7) is 2.20. The van der Waals surface area contributed by atoms with Gasteiger partial charge in [0.1, 0.15) is 11.5 Å². The third kappa shape index (κ3) is 2.31. The van der Waals surface area contributed by atoms with Crippen LogP contribution >= 0.6 is 0 Å². The van der Waals surface area contributed by atoms with E-state index in [0.717, 1.165) is 30.9 Å². The fourth-order valence-electron chi connectivity index (χ4n) is 2.51. The molecule has 3 heterocycles. The number of nitrogens with one attached hydrogen (secondary N) is 1. The van der Waals surface area contributed by atoms with Crippen molar-refractivity contribution in [3.63, 3.8) is 0 Å². The van der Waals surface area contributed by atoms with Crippen molar-refractivity contribution in [3.8, 4) is 0 Å². The van der Waals surface area contributed by atoms with Crippen molar-refractivity contribution < 1.29 is 4.39 Å². The van der Waals surface area contributed by atoms with Crippen molar-refractivity contribution in [1.29, 1.82) is 0 Å². The highest BCUT2D eigenvalue weighted by molar-refractivity contribution is 5.39. The number of hydrogen-bond donors (Lipinski definition) is 1. The van der Waals surface area contributed by atoms with E-state index in [2.05, 4.69) is 10.3 Å². The Bertz CT molecular complexity index is 514. The number of fused-ring (bicyclic) bond motifs is 1. The summed E-state index contributed by atoms with van der Waals surface area (Å²) in [5, 5.41) is 3.40. The van der Waals surface area contributed by atoms with Gasteiger partial charge in [-0.1, -0.05) is 0 Å². The molecule has 4 heteroatoms. The zero-order chi connectivity index (χ0) is 11.7. The van der Waals surface area contributed by atoms with Gasteiger partial charge in [0.15, 0.2) is 0 Å². The number of piperidine rings is 1. The molecule has 0 spiro atoms. The van der Waals surface area contributed by atoms with Gasteiger partial charge >= 0.3 is 0 Å². The minimum absolute atomic E-state index is 0.221. The molecule has 0 radical (unpaired) electrons. The molecule has 0 amide bonds. The van der Waals surface area contributed by atoms with E-state index in [1.165, 1.54) is 25.1 Å². The molecule has 1 atom stereocenters. The van der Waals surface area contributed by atoms with Crippen molar-refractivity contribution in [2.45, 2.75) is 19.3 Å². The average molecular weight is 233 g/mol. The predicted octanol–water partition coefficient (Wildman–Crippen LogP) is 2.02. The molecule has 1 unspecified atom stereocenters. The molecule has 0 saturated carbocycles. The first-order valence-electron chi connectivity index (χ1n) is 6.15. The van der Waals surface area contributed by atoms with E-state index in [9.17, 15) is 4.39 Å². The molecule has 90 valence electrons. The fraction of sp³-hybridized carbons (Fsp3) is 0.462. The van der Waals surface area contributed by atoms with Gasteiger partial charge in [-0.15, -0.1) is 0 Å². The van der Waals surface area contributed by atoms with Crippen molar-refractivity contribution in [3.05, 3.63) is 36.0 Å². The number of nitrogens with zero attached hydrogens (tertiary/aromatic N) is 2. The Kier molecular flexibility index (Phi) is 2.81. The Morgan fingerprint density at radius 3 is 3.18 bits per heavy atom. The SMILES string of the molecule is Fc1ccc2nc(CC3CCCNC3)cn2c1. The van der Waals surface area contributed by atoms with Gasteiger partial charge in [0.2, 0.25) is 0 Å². The Labute approximate surface area is 99.7 Å². The van der Waals surface area contributed by atoms with Crippen LogP contribution in [0.2, 0.25) is 0 Å². The van der Waals surface area contributed by atoms with Gasteiger partial charge in [-0.2, -0.15) is 0 Å². The molecule has 17 heavy (non-hydrogen) atoms. The lowest BCUT2D eigenvalue weighted by atomic mass is 9.95. The highest BCUT2D eigenvalue weighted by Gasteiger charge is 2.15. The third-order valence-corrected chi connectivity index (χ3v) is 3.36. The zero-order valence-corrected chi connectivity index (χ0v) is 9.69. The second-order valence-electron chi connectivity index (χ2n) is 4.76. The maximum atomic E-state index is 13.0. The minimum Gasteiger partial charge on any atom is -0.316 e. The maximum Gasteiger partial charge on any atom is 0.139 e. The van der Waals surface area contributed by atoms with Gasteiger partial charge < -0.3 is 9.72 Å². The molecule has 1 fully saturated rings. The van der Waals surface area contributed by atoms with E-state index in [1.54, 1.807) is 10.5 Å². The smallest absolute Gasteiger partial charge is 0.139 e. The van der Waals surface area contributed by atoms with E-state index < -0.39 is 0 Å². The van der Waals surface area contributed by atoms with Crippen LogP contribution in [-0.4, -0.2) is 22.5 Å². The maximum absolute atomic E-state index is 13.0. The van der Waals surface area contributed by atoms with Crippen molar-refractivity contribution in [2.24, 2.45) is 5.92 Å². The second kappa shape index (κ2) is 4.45. The van der Waals surface area contributed by atoms with Gasteiger partial charge in [-0.3, -0.25) is 0 Å². The van der Waals surface area contributed by atoms with Crippen LogP contribution in [0.1, 0.15) is 18.5 Å². The highest BCUT2D eigenvalue weighted by Crippen LogP contribution is 2.16. The fourth-order valence-corrected chi connectivity index (χ4v) is 2.51. The van der Waals surface area contributed by atoms with Gasteiger partial charge in [-0.25, -0.2) is 9.37 Å². The third-order valence-electron chi connectivity index (χ3n) is 3.36. The number of halogens is 1. The van der Waals surface area contributed by atoms with Crippen LogP contribution in [0.3, 0.4) is 0 Å². The molecule has 2 aromatic heterocycles. The van der Waals surface area contributed by atoms with Crippen molar-refractivity contribution in [1.82, 2.24) is 14.7 Å². The van der Waals surface area contributed by atoms with E-state index in [4.69, 9.17) is 0 Å². The van der Waals surface area contributed by atoms with Crippen LogP contribution in [0.4, 0.5) is 4.39 Å². The second-order valence-corrected chi connectivity index (χ2v) is 4.76. The summed E-state index contributed by atoms with van der Waals surface area (Å²) in [6, 6.07) is 3.17. The lowest BCUT2D eigenvalue weighted by Crippen LogP contribution is -2.30. The van der Waals surface area contributed by atoms with Crippen LogP contribution in [-0.2, 0) is 6.42 Å². The molecule has 3 nitrogen and oxygen atoms in total. The zero-order valence-electron chi connectivity index (χ0n) is 9.69. The molecule has 1 aliphatic rings. The monoisotopic (exact) mass is 233 g/mol. The topological polar surface area (TPSA) is 29.3 Å². The van der Waals surface area contributed by atoms with E-state index in [0.29, 0.717) is 5.92 Å². The summed E-state index contributed by atoms with van der Waals surface area (Å²) in [6.07, 6.45) is 6.90. The normalized spacial score (nSPS) is 20.9. The van der Waals surface area contributed by atoms with Gasteiger partial charge in [0, 0.05) is 12.4 Å². The summed E-state index contributed by atoms with van der Waals surface area (Å²) < 4.78 is 14.8.